The Kier molecular flexibility index (Phi) is 3.73. The molecule has 88 valence electrons. The molecule has 1 amide bonds. The van der Waals surface area contributed by atoms with Crippen LogP contribution in [0.3, 0.4) is 0 Å². The van der Waals surface area contributed by atoms with E-state index in [1.807, 2.05) is 25.7 Å². The molecule has 3 N–H and O–H groups in total. The van der Waals surface area contributed by atoms with Crippen molar-refractivity contribution in [3.63, 3.8) is 0 Å². The third-order valence-electron chi connectivity index (χ3n) is 2.88. The van der Waals surface area contributed by atoms with E-state index in [0.29, 0.717) is 6.04 Å². The van der Waals surface area contributed by atoms with Gasteiger partial charge in [0.15, 0.2) is 0 Å². The molecular formula is C11H23N3O. The molecule has 0 aliphatic carbocycles. The molecule has 4 heteroatoms. The number of hydrogen-bond acceptors (Lipinski definition) is 3. The normalized spacial score (nSPS) is 25.1. The molecule has 0 aromatic heterocycles. The lowest BCUT2D eigenvalue weighted by Gasteiger charge is -2.36. The highest BCUT2D eigenvalue weighted by atomic mass is 16.2. The van der Waals surface area contributed by atoms with Crippen molar-refractivity contribution in [3.05, 3.63) is 0 Å². The molecule has 2 atom stereocenters. The number of hydrogen-bond donors (Lipinski definition) is 2. The maximum atomic E-state index is 12.1. The Morgan fingerprint density at radius 2 is 2.13 bits per heavy atom. The SMILES string of the molecule is C[C@@H]1CN(C(=O)[C@@H](N)C(C)(C)C)CCN1. The monoisotopic (exact) mass is 213 g/mol. The van der Waals surface area contributed by atoms with Crippen LogP contribution in [0, 0.1) is 5.41 Å². The predicted octanol–water partition coefficient (Wildman–Crippen LogP) is 0.180. The number of piperazine rings is 1. The Morgan fingerprint density at radius 1 is 1.53 bits per heavy atom. The first-order valence-electron chi connectivity index (χ1n) is 5.60. The van der Waals surface area contributed by atoms with Crippen LogP contribution in [0.15, 0.2) is 0 Å². The first-order chi connectivity index (χ1) is 6.82. The van der Waals surface area contributed by atoms with Crippen LogP contribution in [-0.4, -0.2) is 42.5 Å². The summed E-state index contributed by atoms with van der Waals surface area (Å²) in [7, 11) is 0. The Morgan fingerprint density at radius 3 is 2.60 bits per heavy atom. The molecule has 0 aromatic rings. The second kappa shape index (κ2) is 4.49. The molecule has 15 heavy (non-hydrogen) atoms. The molecule has 4 nitrogen and oxygen atoms in total. The van der Waals surface area contributed by atoms with Gasteiger partial charge in [0.05, 0.1) is 6.04 Å². The van der Waals surface area contributed by atoms with E-state index < -0.39 is 6.04 Å². The van der Waals surface area contributed by atoms with Gasteiger partial charge in [-0.1, -0.05) is 20.8 Å². The van der Waals surface area contributed by atoms with Crippen molar-refractivity contribution in [1.29, 1.82) is 0 Å². The van der Waals surface area contributed by atoms with E-state index in [0.717, 1.165) is 19.6 Å². The third kappa shape index (κ3) is 3.18. The van der Waals surface area contributed by atoms with Crippen LogP contribution in [0.4, 0.5) is 0 Å². The lowest BCUT2D eigenvalue weighted by molar-refractivity contribution is -0.136. The van der Waals surface area contributed by atoms with Gasteiger partial charge < -0.3 is 16.0 Å². The van der Waals surface area contributed by atoms with Gasteiger partial charge in [-0.2, -0.15) is 0 Å². The van der Waals surface area contributed by atoms with Gasteiger partial charge in [0.1, 0.15) is 0 Å². The van der Waals surface area contributed by atoms with Crippen LogP contribution in [0.25, 0.3) is 0 Å². The van der Waals surface area contributed by atoms with Crippen LogP contribution in [0.5, 0.6) is 0 Å². The van der Waals surface area contributed by atoms with Crippen molar-refractivity contribution in [2.75, 3.05) is 19.6 Å². The number of carbonyl (C=O) groups excluding carboxylic acids is 1. The molecule has 0 bridgehead atoms. The summed E-state index contributed by atoms with van der Waals surface area (Å²) in [6.45, 7) is 10.5. The number of amides is 1. The topological polar surface area (TPSA) is 58.4 Å². The van der Waals surface area contributed by atoms with E-state index >= 15 is 0 Å². The molecule has 0 unspecified atom stereocenters. The lowest BCUT2D eigenvalue weighted by atomic mass is 9.86. The quantitative estimate of drug-likeness (QED) is 0.653. The summed E-state index contributed by atoms with van der Waals surface area (Å²) in [5.74, 6) is 0.0795. The summed E-state index contributed by atoms with van der Waals surface area (Å²) in [5, 5.41) is 3.31. The number of nitrogens with zero attached hydrogens (tertiary/aromatic N) is 1. The fraction of sp³-hybridized carbons (Fsp3) is 0.909. The summed E-state index contributed by atoms with van der Waals surface area (Å²) in [5.41, 5.74) is 5.80. The Labute approximate surface area is 92.2 Å². The highest BCUT2D eigenvalue weighted by molar-refractivity contribution is 5.82. The maximum Gasteiger partial charge on any atom is 0.240 e. The largest absolute Gasteiger partial charge is 0.339 e. The van der Waals surface area contributed by atoms with Gasteiger partial charge in [-0.15, -0.1) is 0 Å². The van der Waals surface area contributed by atoms with Crippen LogP contribution in [0.2, 0.25) is 0 Å². The lowest BCUT2D eigenvalue weighted by Crippen LogP contribution is -2.57. The molecule has 1 heterocycles. The van der Waals surface area contributed by atoms with E-state index in [2.05, 4.69) is 12.2 Å². The second-order valence-corrected chi connectivity index (χ2v) is 5.48. The van der Waals surface area contributed by atoms with Crippen molar-refractivity contribution in [3.8, 4) is 0 Å². The number of nitrogens with one attached hydrogen (secondary N) is 1. The van der Waals surface area contributed by atoms with Crippen molar-refractivity contribution in [1.82, 2.24) is 10.2 Å². The van der Waals surface area contributed by atoms with Crippen molar-refractivity contribution < 1.29 is 4.79 Å². The Balaban J connectivity index is 2.60. The summed E-state index contributed by atoms with van der Waals surface area (Å²) in [4.78, 5) is 13.9. The smallest absolute Gasteiger partial charge is 0.240 e. The molecule has 1 saturated heterocycles. The van der Waals surface area contributed by atoms with E-state index in [1.165, 1.54) is 0 Å². The zero-order valence-corrected chi connectivity index (χ0v) is 10.2. The highest BCUT2D eigenvalue weighted by Gasteiger charge is 2.32. The first-order valence-corrected chi connectivity index (χ1v) is 5.60. The van der Waals surface area contributed by atoms with Crippen LogP contribution < -0.4 is 11.1 Å². The Hall–Kier alpha value is -0.610. The van der Waals surface area contributed by atoms with E-state index in [4.69, 9.17) is 5.73 Å². The second-order valence-electron chi connectivity index (χ2n) is 5.48. The first kappa shape index (κ1) is 12.5. The minimum atomic E-state index is -0.400. The molecule has 1 aliphatic heterocycles. The fourth-order valence-corrected chi connectivity index (χ4v) is 1.70. The van der Waals surface area contributed by atoms with Gasteiger partial charge in [0.2, 0.25) is 5.91 Å². The molecule has 1 rings (SSSR count). The van der Waals surface area contributed by atoms with Crippen molar-refractivity contribution in [2.24, 2.45) is 11.1 Å². The van der Waals surface area contributed by atoms with Crippen LogP contribution in [-0.2, 0) is 4.79 Å². The van der Waals surface area contributed by atoms with Gasteiger partial charge in [0.25, 0.3) is 0 Å². The summed E-state index contributed by atoms with van der Waals surface area (Å²) < 4.78 is 0. The molecule has 0 aromatic carbocycles. The van der Waals surface area contributed by atoms with Gasteiger partial charge >= 0.3 is 0 Å². The van der Waals surface area contributed by atoms with E-state index in [1.54, 1.807) is 0 Å². The number of nitrogens with two attached hydrogens (primary N) is 1. The van der Waals surface area contributed by atoms with E-state index in [9.17, 15) is 4.79 Å². The minimum absolute atomic E-state index is 0.0795. The van der Waals surface area contributed by atoms with Gasteiger partial charge in [-0.3, -0.25) is 4.79 Å². The maximum absolute atomic E-state index is 12.1. The number of rotatable bonds is 1. The van der Waals surface area contributed by atoms with Gasteiger partial charge in [-0.25, -0.2) is 0 Å². The predicted molar refractivity (Wildman–Crippen MR) is 61.5 cm³/mol. The summed E-state index contributed by atoms with van der Waals surface area (Å²) >= 11 is 0. The molecule has 1 fully saturated rings. The van der Waals surface area contributed by atoms with E-state index in [-0.39, 0.29) is 11.3 Å². The molecular weight excluding hydrogens is 190 g/mol. The molecule has 1 aliphatic rings. The summed E-state index contributed by atoms with van der Waals surface area (Å²) in [6, 6.07) is -0.0299. The number of carbonyl (C=O) groups is 1. The minimum Gasteiger partial charge on any atom is -0.339 e. The molecule has 0 radical (unpaired) electrons. The van der Waals surface area contributed by atoms with Crippen LogP contribution in [0.1, 0.15) is 27.7 Å². The standard InChI is InChI=1S/C11H23N3O/c1-8-7-14(6-5-13-8)10(15)9(12)11(2,3)4/h8-9,13H,5-7,12H2,1-4H3/t8-,9-/m1/s1. The van der Waals surface area contributed by atoms with Crippen LogP contribution >= 0.6 is 0 Å². The average molecular weight is 213 g/mol. The van der Waals surface area contributed by atoms with Crippen molar-refractivity contribution in [2.45, 2.75) is 39.8 Å². The molecule has 0 spiro atoms. The van der Waals surface area contributed by atoms with Crippen molar-refractivity contribution >= 4 is 5.91 Å². The van der Waals surface area contributed by atoms with Gasteiger partial charge in [0, 0.05) is 25.7 Å². The Bertz CT molecular complexity index is 234. The zero-order valence-electron chi connectivity index (χ0n) is 10.2. The zero-order chi connectivity index (χ0) is 11.6. The fourth-order valence-electron chi connectivity index (χ4n) is 1.70. The average Bonchev–Trinajstić information content (AvgIpc) is 2.14. The third-order valence-corrected chi connectivity index (χ3v) is 2.88. The van der Waals surface area contributed by atoms with Gasteiger partial charge in [-0.05, 0) is 12.3 Å². The highest BCUT2D eigenvalue weighted by Crippen LogP contribution is 2.19. The summed E-state index contributed by atoms with van der Waals surface area (Å²) in [6.07, 6.45) is 0. The molecule has 0 saturated carbocycles.